The first-order valence-corrected chi connectivity index (χ1v) is 7.22. The number of benzene rings is 3. The minimum atomic E-state index is 0.279. The zero-order valence-electron chi connectivity index (χ0n) is 12.7. The Morgan fingerprint density at radius 3 is 2.18 bits per heavy atom. The lowest BCUT2D eigenvalue weighted by molar-refractivity contribution is 0.415. The monoisotopic (exact) mass is 290 g/mol. The summed E-state index contributed by atoms with van der Waals surface area (Å²) in [4.78, 5) is 0. The minimum absolute atomic E-state index is 0.279. The van der Waals surface area contributed by atoms with Crippen LogP contribution in [0.2, 0.25) is 0 Å². The van der Waals surface area contributed by atoms with Gasteiger partial charge in [0.2, 0.25) is 0 Å². The Balaban J connectivity index is 2.22. The van der Waals surface area contributed by atoms with Crippen molar-refractivity contribution in [3.05, 3.63) is 72.3 Å². The molecule has 0 amide bonds. The molecular formula is C20H18O2. The summed E-state index contributed by atoms with van der Waals surface area (Å²) in [5.41, 5.74) is 5.17. The second kappa shape index (κ2) is 5.94. The first kappa shape index (κ1) is 14.2. The molecule has 0 bridgehead atoms. The molecule has 0 heterocycles. The van der Waals surface area contributed by atoms with Crippen molar-refractivity contribution in [3.63, 3.8) is 0 Å². The van der Waals surface area contributed by atoms with Crippen LogP contribution in [-0.2, 0) is 0 Å². The van der Waals surface area contributed by atoms with Crippen molar-refractivity contribution < 1.29 is 9.84 Å². The molecule has 110 valence electrons. The Morgan fingerprint density at radius 2 is 1.50 bits per heavy atom. The van der Waals surface area contributed by atoms with Gasteiger partial charge in [0.25, 0.3) is 0 Å². The largest absolute Gasteiger partial charge is 0.507 e. The molecule has 0 aromatic heterocycles. The molecule has 3 aromatic carbocycles. The number of para-hydroxylation sites is 1. The average Bonchev–Trinajstić information content (AvgIpc) is 2.56. The van der Waals surface area contributed by atoms with E-state index in [0.717, 1.165) is 28.0 Å². The summed E-state index contributed by atoms with van der Waals surface area (Å²) in [6, 6.07) is 21.7. The number of methoxy groups -OCH3 is 1. The molecule has 0 aliphatic heterocycles. The number of hydrogen-bond acceptors (Lipinski definition) is 2. The standard InChI is InChI=1S/C20H18O2/c1-14-7-9-15(10-8-14)19-13-16(22-2)11-12-17(19)18-5-3-4-6-20(18)21/h3-13,21H,1-2H3. The Kier molecular flexibility index (Phi) is 3.84. The Labute approximate surface area is 130 Å². The normalized spacial score (nSPS) is 10.5. The number of rotatable bonds is 3. The van der Waals surface area contributed by atoms with E-state index in [9.17, 15) is 5.11 Å². The number of hydrogen-bond donors (Lipinski definition) is 1. The predicted molar refractivity (Wildman–Crippen MR) is 90.3 cm³/mol. The Bertz CT molecular complexity index is 789. The number of phenolic OH excluding ortho intramolecular Hbond substituents is 1. The van der Waals surface area contributed by atoms with Crippen LogP contribution >= 0.6 is 0 Å². The summed E-state index contributed by atoms with van der Waals surface area (Å²) in [6.45, 7) is 2.07. The van der Waals surface area contributed by atoms with Crippen LogP contribution in [0.25, 0.3) is 22.3 Å². The van der Waals surface area contributed by atoms with Crippen LogP contribution in [0.5, 0.6) is 11.5 Å². The highest BCUT2D eigenvalue weighted by molar-refractivity contribution is 5.86. The van der Waals surface area contributed by atoms with Crippen LogP contribution in [0.4, 0.5) is 0 Å². The van der Waals surface area contributed by atoms with E-state index in [2.05, 4.69) is 31.2 Å². The zero-order chi connectivity index (χ0) is 15.5. The molecule has 0 aliphatic rings. The van der Waals surface area contributed by atoms with Gasteiger partial charge in [-0.15, -0.1) is 0 Å². The molecule has 0 atom stereocenters. The van der Waals surface area contributed by atoms with Gasteiger partial charge in [-0.2, -0.15) is 0 Å². The van der Waals surface area contributed by atoms with Gasteiger partial charge in [-0.3, -0.25) is 0 Å². The summed E-state index contributed by atoms with van der Waals surface area (Å²) < 4.78 is 5.36. The van der Waals surface area contributed by atoms with Crippen molar-refractivity contribution in [2.24, 2.45) is 0 Å². The van der Waals surface area contributed by atoms with Crippen molar-refractivity contribution in [1.82, 2.24) is 0 Å². The van der Waals surface area contributed by atoms with Crippen LogP contribution in [0, 0.1) is 6.92 Å². The van der Waals surface area contributed by atoms with Crippen LogP contribution in [0.15, 0.2) is 66.7 Å². The minimum Gasteiger partial charge on any atom is -0.507 e. The molecule has 2 nitrogen and oxygen atoms in total. The third kappa shape index (κ3) is 2.68. The van der Waals surface area contributed by atoms with Gasteiger partial charge in [0.1, 0.15) is 11.5 Å². The highest BCUT2D eigenvalue weighted by Gasteiger charge is 2.11. The lowest BCUT2D eigenvalue weighted by Crippen LogP contribution is -1.89. The molecule has 0 spiro atoms. The average molecular weight is 290 g/mol. The van der Waals surface area contributed by atoms with Gasteiger partial charge < -0.3 is 9.84 Å². The summed E-state index contributed by atoms with van der Waals surface area (Å²) in [7, 11) is 1.66. The van der Waals surface area contributed by atoms with Crippen molar-refractivity contribution in [2.45, 2.75) is 6.92 Å². The number of ether oxygens (including phenoxy) is 1. The van der Waals surface area contributed by atoms with Crippen LogP contribution in [0.3, 0.4) is 0 Å². The summed E-state index contributed by atoms with van der Waals surface area (Å²) in [6.07, 6.45) is 0. The highest BCUT2D eigenvalue weighted by atomic mass is 16.5. The van der Waals surface area contributed by atoms with Gasteiger partial charge in [0.15, 0.2) is 0 Å². The van der Waals surface area contributed by atoms with Gasteiger partial charge in [0.05, 0.1) is 7.11 Å². The number of aromatic hydroxyl groups is 1. The second-order valence-electron chi connectivity index (χ2n) is 5.29. The molecular weight excluding hydrogens is 272 g/mol. The first-order valence-electron chi connectivity index (χ1n) is 7.22. The van der Waals surface area contributed by atoms with E-state index in [1.807, 2.05) is 36.4 Å². The fourth-order valence-corrected chi connectivity index (χ4v) is 2.56. The third-order valence-corrected chi connectivity index (χ3v) is 3.78. The molecule has 0 unspecified atom stereocenters. The van der Waals surface area contributed by atoms with E-state index < -0.39 is 0 Å². The molecule has 0 aliphatic carbocycles. The zero-order valence-corrected chi connectivity index (χ0v) is 12.7. The maximum atomic E-state index is 10.2. The molecule has 0 saturated carbocycles. The summed E-state index contributed by atoms with van der Waals surface area (Å²) in [5.74, 6) is 1.08. The lowest BCUT2D eigenvalue weighted by Gasteiger charge is -2.13. The lowest BCUT2D eigenvalue weighted by atomic mass is 9.93. The Hall–Kier alpha value is -2.74. The third-order valence-electron chi connectivity index (χ3n) is 3.78. The summed E-state index contributed by atoms with van der Waals surface area (Å²) >= 11 is 0. The van der Waals surface area contributed by atoms with E-state index in [1.54, 1.807) is 13.2 Å². The molecule has 0 radical (unpaired) electrons. The predicted octanol–water partition coefficient (Wildman–Crippen LogP) is 5.04. The molecule has 22 heavy (non-hydrogen) atoms. The van der Waals surface area contributed by atoms with Gasteiger partial charge in [0, 0.05) is 5.56 Å². The van der Waals surface area contributed by atoms with E-state index in [0.29, 0.717) is 0 Å². The van der Waals surface area contributed by atoms with Crippen molar-refractivity contribution in [2.75, 3.05) is 7.11 Å². The maximum Gasteiger partial charge on any atom is 0.123 e. The van der Waals surface area contributed by atoms with Crippen LogP contribution in [-0.4, -0.2) is 12.2 Å². The summed E-state index contributed by atoms with van der Waals surface area (Å²) in [5, 5.41) is 10.2. The highest BCUT2D eigenvalue weighted by Crippen LogP contribution is 2.38. The molecule has 0 fully saturated rings. The van der Waals surface area contributed by atoms with Gasteiger partial charge in [-0.1, -0.05) is 48.0 Å². The van der Waals surface area contributed by atoms with Crippen molar-refractivity contribution in [1.29, 1.82) is 0 Å². The van der Waals surface area contributed by atoms with E-state index in [1.165, 1.54) is 5.56 Å². The molecule has 0 saturated heterocycles. The van der Waals surface area contributed by atoms with Crippen LogP contribution in [0.1, 0.15) is 5.56 Å². The first-order chi connectivity index (χ1) is 10.7. The van der Waals surface area contributed by atoms with E-state index in [4.69, 9.17) is 4.74 Å². The van der Waals surface area contributed by atoms with Crippen LogP contribution < -0.4 is 4.74 Å². The van der Waals surface area contributed by atoms with Gasteiger partial charge in [-0.05, 0) is 47.9 Å². The molecule has 3 aromatic rings. The van der Waals surface area contributed by atoms with Gasteiger partial charge in [-0.25, -0.2) is 0 Å². The number of aryl methyl sites for hydroxylation is 1. The van der Waals surface area contributed by atoms with E-state index in [-0.39, 0.29) is 5.75 Å². The fraction of sp³-hybridized carbons (Fsp3) is 0.100. The van der Waals surface area contributed by atoms with E-state index >= 15 is 0 Å². The van der Waals surface area contributed by atoms with Crippen molar-refractivity contribution in [3.8, 4) is 33.8 Å². The van der Waals surface area contributed by atoms with Crippen molar-refractivity contribution >= 4 is 0 Å². The number of phenols is 1. The SMILES string of the molecule is COc1ccc(-c2ccccc2O)c(-c2ccc(C)cc2)c1. The molecule has 3 rings (SSSR count). The Morgan fingerprint density at radius 1 is 0.773 bits per heavy atom. The van der Waals surface area contributed by atoms with Gasteiger partial charge >= 0.3 is 0 Å². The molecule has 2 heteroatoms. The fourth-order valence-electron chi connectivity index (χ4n) is 2.56. The molecule has 1 N–H and O–H groups in total. The maximum absolute atomic E-state index is 10.2. The quantitative estimate of drug-likeness (QED) is 0.732. The second-order valence-corrected chi connectivity index (χ2v) is 5.29. The smallest absolute Gasteiger partial charge is 0.123 e. The topological polar surface area (TPSA) is 29.5 Å².